The van der Waals surface area contributed by atoms with Crippen molar-refractivity contribution in [2.45, 2.75) is 37.2 Å². The lowest BCUT2D eigenvalue weighted by molar-refractivity contribution is -0.137. The molecule has 0 aromatic heterocycles. The topological polar surface area (TPSA) is 141 Å². The highest BCUT2D eigenvalue weighted by Gasteiger charge is 2.54. The second-order valence-corrected chi connectivity index (χ2v) is 11.8. The quantitative estimate of drug-likeness (QED) is 0.0423. The number of hydrogen-bond donors (Lipinski definition) is 3. The minimum atomic E-state index is -4.54. The molecule has 1 aliphatic heterocycles. The Hall–Kier alpha value is -4.78. The predicted octanol–water partition coefficient (Wildman–Crippen LogP) is 8.04. The third-order valence-electron chi connectivity index (χ3n) is 7.63. The maximum absolute atomic E-state index is 14.4. The van der Waals surface area contributed by atoms with E-state index in [1.807, 2.05) is 0 Å². The van der Waals surface area contributed by atoms with Crippen LogP contribution >= 0.6 is 23.2 Å². The largest absolute Gasteiger partial charge is 0.494 e. The van der Waals surface area contributed by atoms with Crippen molar-refractivity contribution in [3.05, 3.63) is 139 Å². The van der Waals surface area contributed by atoms with E-state index in [0.717, 1.165) is 12.1 Å². The fourth-order valence-corrected chi connectivity index (χ4v) is 5.77. The van der Waals surface area contributed by atoms with Crippen LogP contribution in [0.2, 0.25) is 10.0 Å². The number of carbonyl (C=O) groups excluding carboxylic acids is 1. The zero-order valence-electron chi connectivity index (χ0n) is 25.6. The highest BCUT2D eigenvalue weighted by molar-refractivity contribution is 6.35. The zero-order chi connectivity index (χ0) is 35.0. The number of carbonyl (C=O) groups is 1. The number of nitrogens with one attached hydrogen (secondary N) is 2. The molecule has 0 unspecified atom stereocenters. The van der Waals surface area contributed by atoms with Crippen molar-refractivity contribution in [3.63, 3.8) is 0 Å². The molecule has 3 N–H and O–H groups in total. The molecular formula is C34H29Cl2F3N6O4. The maximum Gasteiger partial charge on any atom is 0.416 e. The van der Waals surface area contributed by atoms with Crippen molar-refractivity contribution in [1.82, 2.24) is 10.9 Å². The first-order valence-corrected chi connectivity index (χ1v) is 15.7. The number of nitrogens with zero attached hydrogens (tertiary/aromatic N) is 4. The first kappa shape index (κ1) is 35.5. The summed E-state index contributed by atoms with van der Waals surface area (Å²) >= 11 is 12.9. The van der Waals surface area contributed by atoms with Crippen molar-refractivity contribution >= 4 is 40.7 Å². The minimum absolute atomic E-state index is 0.0148. The standard InChI is InChI=1S/C34H29Cl2F3N6O4/c35-25-11-14-27(28(36)18-25)30-33(19-23-6-1-2-8-29(23)43-45-40,32(47)44-41-20-21-5-3-7-24(17-21)34(37,38)39)42-31(49-30)22-9-12-26(13-10-22)48-16-4-15-46/h1-3,5-14,17-18,30,41,46H,4,15-16,19-20H2,(H,44,47)/t30-,33-/m0/s1. The van der Waals surface area contributed by atoms with Gasteiger partial charge in [0.05, 0.1) is 12.2 Å². The maximum atomic E-state index is 14.4. The monoisotopic (exact) mass is 712 g/mol. The van der Waals surface area contributed by atoms with Crippen LogP contribution in [0.3, 0.4) is 0 Å². The molecule has 2 atom stereocenters. The molecule has 4 aromatic carbocycles. The molecule has 0 saturated heterocycles. The summed E-state index contributed by atoms with van der Waals surface area (Å²) in [5.74, 6) is -0.0726. The molecule has 0 saturated carbocycles. The Morgan fingerprint density at radius 1 is 1.06 bits per heavy atom. The van der Waals surface area contributed by atoms with Gasteiger partial charge in [0.25, 0.3) is 5.91 Å². The van der Waals surface area contributed by atoms with E-state index in [0.29, 0.717) is 40.5 Å². The Balaban J connectivity index is 1.56. The van der Waals surface area contributed by atoms with E-state index in [-0.39, 0.29) is 41.7 Å². The Morgan fingerprint density at radius 2 is 1.84 bits per heavy atom. The van der Waals surface area contributed by atoms with Crippen LogP contribution in [-0.4, -0.2) is 35.7 Å². The van der Waals surface area contributed by atoms with Crippen LogP contribution in [0.4, 0.5) is 18.9 Å². The number of hydrogen-bond acceptors (Lipinski definition) is 7. The molecule has 0 aliphatic carbocycles. The number of aliphatic hydroxyl groups is 1. The number of azide groups is 1. The summed E-state index contributed by atoms with van der Waals surface area (Å²) in [7, 11) is 0. The van der Waals surface area contributed by atoms with Crippen molar-refractivity contribution < 1.29 is 32.5 Å². The lowest BCUT2D eigenvalue weighted by Crippen LogP contribution is -2.53. The summed E-state index contributed by atoms with van der Waals surface area (Å²) in [6.45, 7) is 0.146. The van der Waals surface area contributed by atoms with E-state index in [9.17, 15) is 23.5 Å². The third-order valence-corrected chi connectivity index (χ3v) is 8.19. The van der Waals surface area contributed by atoms with E-state index in [1.54, 1.807) is 60.7 Å². The molecule has 254 valence electrons. The van der Waals surface area contributed by atoms with E-state index in [2.05, 4.69) is 20.9 Å². The van der Waals surface area contributed by atoms with Gasteiger partial charge in [-0.3, -0.25) is 10.2 Å². The SMILES string of the molecule is [N-]=[N+]=Nc1ccccc1C[C@]1(C(=O)NNCc2cccc(C(F)(F)F)c2)N=C(c2ccc(OCCCO)cc2)O[C@H]1c1ccc(Cl)cc1Cl. The van der Waals surface area contributed by atoms with Crippen LogP contribution < -0.4 is 15.6 Å². The molecule has 49 heavy (non-hydrogen) atoms. The van der Waals surface area contributed by atoms with E-state index < -0.39 is 29.3 Å². The summed E-state index contributed by atoms with van der Waals surface area (Å²) in [5, 5.41) is 13.4. The molecule has 1 aliphatic rings. The lowest BCUT2D eigenvalue weighted by atomic mass is 9.81. The second-order valence-electron chi connectivity index (χ2n) is 11.0. The highest BCUT2D eigenvalue weighted by Crippen LogP contribution is 2.46. The number of aliphatic imine (C=N–C) groups is 1. The van der Waals surface area contributed by atoms with Gasteiger partial charge in [-0.2, -0.15) is 13.2 Å². The summed E-state index contributed by atoms with van der Waals surface area (Å²) < 4.78 is 52.0. The fraction of sp³-hybridized carbons (Fsp3) is 0.235. The van der Waals surface area contributed by atoms with Crippen LogP contribution in [0.5, 0.6) is 5.75 Å². The number of rotatable bonds is 13. The number of alkyl halides is 3. The number of halogens is 5. The van der Waals surface area contributed by atoms with Gasteiger partial charge in [-0.15, -0.1) is 0 Å². The van der Waals surface area contributed by atoms with Gasteiger partial charge in [-0.1, -0.05) is 76.8 Å². The molecule has 1 heterocycles. The zero-order valence-corrected chi connectivity index (χ0v) is 27.1. The van der Waals surface area contributed by atoms with Gasteiger partial charge in [0, 0.05) is 57.8 Å². The molecule has 5 rings (SSSR count). The molecular weight excluding hydrogens is 684 g/mol. The normalized spacial score (nSPS) is 17.1. The third kappa shape index (κ3) is 8.45. The van der Waals surface area contributed by atoms with Crippen molar-refractivity contribution in [2.75, 3.05) is 13.2 Å². The average Bonchev–Trinajstić information content (AvgIpc) is 3.46. The van der Waals surface area contributed by atoms with Crippen molar-refractivity contribution in [2.24, 2.45) is 10.1 Å². The van der Waals surface area contributed by atoms with Crippen molar-refractivity contribution in [3.8, 4) is 5.75 Å². The molecule has 4 aromatic rings. The van der Waals surface area contributed by atoms with Crippen LogP contribution in [0.15, 0.2) is 101 Å². The smallest absolute Gasteiger partial charge is 0.416 e. The first-order valence-electron chi connectivity index (χ1n) is 14.9. The van der Waals surface area contributed by atoms with Gasteiger partial charge in [-0.25, -0.2) is 10.4 Å². The van der Waals surface area contributed by atoms with E-state index in [4.69, 9.17) is 42.8 Å². The number of aliphatic hydroxyl groups excluding tert-OH is 1. The van der Waals surface area contributed by atoms with Crippen LogP contribution in [0, 0.1) is 0 Å². The molecule has 0 fully saturated rings. The molecule has 0 radical (unpaired) electrons. The molecule has 10 nitrogen and oxygen atoms in total. The van der Waals surface area contributed by atoms with Gasteiger partial charge < -0.3 is 14.6 Å². The van der Waals surface area contributed by atoms with Crippen LogP contribution in [-0.2, 0) is 28.7 Å². The van der Waals surface area contributed by atoms with Crippen molar-refractivity contribution in [1.29, 1.82) is 0 Å². The highest BCUT2D eigenvalue weighted by atomic mass is 35.5. The Labute approximate surface area is 289 Å². The summed E-state index contributed by atoms with van der Waals surface area (Å²) in [6.07, 6.45) is -5.38. The lowest BCUT2D eigenvalue weighted by Gasteiger charge is -2.31. The number of amides is 1. The van der Waals surface area contributed by atoms with Gasteiger partial charge >= 0.3 is 6.18 Å². The summed E-state index contributed by atoms with van der Waals surface area (Å²) in [6, 6.07) is 22.8. The first-order chi connectivity index (χ1) is 23.5. The second kappa shape index (κ2) is 15.6. The molecule has 1 amide bonds. The van der Waals surface area contributed by atoms with Crippen LogP contribution in [0.25, 0.3) is 10.4 Å². The fourth-order valence-electron chi connectivity index (χ4n) is 5.26. The number of ether oxygens (including phenoxy) is 2. The molecule has 0 spiro atoms. The van der Waals surface area contributed by atoms with Crippen LogP contribution in [0.1, 0.15) is 40.3 Å². The Morgan fingerprint density at radius 3 is 2.55 bits per heavy atom. The molecule has 15 heteroatoms. The number of benzene rings is 4. The summed E-state index contributed by atoms with van der Waals surface area (Å²) in [5.41, 5.74) is 13.8. The van der Waals surface area contributed by atoms with E-state index >= 15 is 0 Å². The van der Waals surface area contributed by atoms with Gasteiger partial charge in [0.15, 0.2) is 11.6 Å². The van der Waals surface area contributed by atoms with Gasteiger partial charge in [0.2, 0.25) is 5.90 Å². The minimum Gasteiger partial charge on any atom is -0.494 e. The predicted molar refractivity (Wildman–Crippen MR) is 179 cm³/mol. The summed E-state index contributed by atoms with van der Waals surface area (Å²) in [4.78, 5) is 22.2. The van der Waals surface area contributed by atoms with Gasteiger partial charge in [0.1, 0.15) is 5.75 Å². The average molecular weight is 714 g/mol. The van der Waals surface area contributed by atoms with Gasteiger partial charge in [-0.05, 0) is 59.1 Å². The Bertz CT molecular complexity index is 1890. The van der Waals surface area contributed by atoms with E-state index in [1.165, 1.54) is 18.2 Å². The number of hydrazine groups is 1. The Kier molecular flexibility index (Phi) is 11.3. The molecule has 0 bridgehead atoms.